The second-order valence-electron chi connectivity index (χ2n) is 4.36. The quantitative estimate of drug-likeness (QED) is 0.650. The van der Waals surface area contributed by atoms with Gasteiger partial charge < -0.3 is 10.8 Å². The first-order valence-corrected chi connectivity index (χ1v) is 7.38. The second-order valence-corrected chi connectivity index (χ2v) is 5.81. The van der Waals surface area contributed by atoms with E-state index in [2.05, 4.69) is 0 Å². The van der Waals surface area contributed by atoms with Crippen LogP contribution in [-0.2, 0) is 17.0 Å². The van der Waals surface area contributed by atoms with Gasteiger partial charge in [-0.3, -0.25) is 4.79 Å². The van der Waals surface area contributed by atoms with Crippen LogP contribution < -0.4 is 5.73 Å². The molecule has 5 heteroatoms. The highest BCUT2D eigenvalue weighted by Gasteiger charge is 2.03. The van der Waals surface area contributed by atoms with E-state index in [1.165, 1.54) is 0 Å². The monoisotopic (exact) mass is 307 g/mol. The Morgan fingerprint density at radius 3 is 2.40 bits per heavy atom. The summed E-state index contributed by atoms with van der Waals surface area (Å²) in [6, 6.07) is 13.0. The number of hydrogen-bond donors (Lipinski definition) is 2. The van der Waals surface area contributed by atoms with Crippen molar-refractivity contribution < 1.29 is 9.90 Å². The Morgan fingerprint density at radius 1 is 1.15 bits per heavy atom. The standard InChI is InChI=1S/C15H14ClNO2S/c16-12-5-6-14(13(17)8-12)20-9-11-3-1-10(2-4-11)7-15(18)19/h1-6,8H,7,9,17H2,(H,18,19). The molecule has 2 aromatic rings. The summed E-state index contributed by atoms with van der Waals surface area (Å²) in [6.07, 6.45) is 0.0531. The fraction of sp³-hybridized carbons (Fsp3) is 0.133. The van der Waals surface area contributed by atoms with Crippen molar-refractivity contribution in [1.29, 1.82) is 0 Å². The summed E-state index contributed by atoms with van der Waals surface area (Å²) >= 11 is 7.48. The molecule has 2 rings (SSSR count). The molecule has 3 N–H and O–H groups in total. The van der Waals surface area contributed by atoms with Gasteiger partial charge in [-0.25, -0.2) is 0 Å². The van der Waals surface area contributed by atoms with Gasteiger partial charge in [0, 0.05) is 21.4 Å². The van der Waals surface area contributed by atoms with Crippen molar-refractivity contribution in [3.8, 4) is 0 Å². The van der Waals surface area contributed by atoms with Crippen molar-refractivity contribution in [2.75, 3.05) is 5.73 Å². The van der Waals surface area contributed by atoms with E-state index < -0.39 is 5.97 Å². The SMILES string of the molecule is Nc1cc(Cl)ccc1SCc1ccc(CC(=O)O)cc1. The molecular formula is C15H14ClNO2S. The van der Waals surface area contributed by atoms with Crippen LogP contribution in [0, 0.1) is 0 Å². The highest BCUT2D eigenvalue weighted by molar-refractivity contribution is 7.98. The lowest BCUT2D eigenvalue weighted by atomic mass is 10.1. The van der Waals surface area contributed by atoms with Gasteiger partial charge in [0.1, 0.15) is 0 Å². The number of benzene rings is 2. The molecule has 0 unspecified atom stereocenters. The zero-order chi connectivity index (χ0) is 14.5. The Labute approximate surface area is 126 Å². The normalized spacial score (nSPS) is 10.4. The summed E-state index contributed by atoms with van der Waals surface area (Å²) in [5, 5.41) is 9.34. The number of nitrogens with two attached hydrogens (primary N) is 1. The van der Waals surface area contributed by atoms with E-state index in [0.29, 0.717) is 10.7 Å². The van der Waals surface area contributed by atoms with Crippen molar-refractivity contribution in [2.24, 2.45) is 0 Å². The average Bonchev–Trinajstić information content (AvgIpc) is 2.39. The van der Waals surface area contributed by atoms with Crippen LogP contribution in [0.2, 0.25) is 5.02 Å². The minimum atomic E-state index is -0.818. The van der Waals surface area contributed by atoms with Crippen molar-refractivity contribution in [2.45, 2.75) is 17.1 Å². The van der Waals surface area contributed by atoms with E-state index in [9.17, 15) is 4.79 Å². The van der Waals surface area contributed by atoms with Gasteiger partial charge in [-0.05, 0) is 29.3 Å². The van der Waals surface area contributed by atoms with Gasteiger partial charge in [0.2, 0.25) is 0 Å². The Morgan fingerprint density at radius 2 is 1.80 bits per heavy atom. The third kappa shape index (κ3) is 4.18. The van der Waals surface area contributed by atoms with E-state index in [1.54, 1.807) is 17.8 Å². The summed E-state index contributed by atoms with van der Waals surface area (Å²) < 4.78 is 0. The van der Waals surface area contributed by atoms with E-state index in [1.807, 2.05) is 36.4 Å². The number of carboxylic acid groups (broad SMARTS) is 1. The summed E-state index contributed by atoms with van der Waals surface area (Å²) in [4.78, 5) is 11.6. The molecule has 0 aliphatic rings. The average molecular weight is 308 g/mol. The molecule has 3 nitrogen and oxygen atoms in total. The molecule has 0 spiro atoms. The maximum absolute atomic E-state index is 10.6. The van der Waals surface area contributed by atoms with Crippen LogP contribution in [-0.4, -0.2) is 11.1 Å². The van der Waals surface area contributed by atoms with Gasteiger partial charge in [0.15, 0.2) is 0 Å². The zero-order valence-electron chi connectivity index (χ0n) is 10.7. The molecule has 0 aliphatic heterocycles. The van der Waals surface area contributed by atoms with Gasteiger partial charge in [0.25, 0.3) is 0 Å². The first-order valence-electron chi connectivity index (χ1n) is 6.02. The molecule has 0 saturated heterocycles. The minimum absolute atomic E-state index is 0.0531. The van der Waals surface area contributed by atoms with E-state index in [4.69, 9.17) is 22.4 Å². The maximum Gasteiger partial charge on any atom is 0.307 e. The Hall–Kier alpha value is -1.65. The van der Waals surface area contributed by atoms with Crippen molar-refractivity contribution >= 4 is 35.0 Å². The van der Waals surface area contributed by atoms with Crippen molar-refractivity contribution in [3.63, 3.8) is 0 Å². The molecule has 0 atom stereocenters. The summed E-state index contributed by atoms with van der Waals surface area (Å²) in [6.45, 7) is 0. The molecule has 20 heavy (non-hydrogen) atoms. The number of aliphatic carboxylic acids is 1. The number of carboxylic acids is 1. The van der Waals surface area contributed by atoms with Crippen LogP contribution in [0.5, 0.6) is 0 Å². The molecule has 0 aliphatic carbocycles. The third-order valence-electron chi connectivity index (χ3n) is 2.74. The lowest BCUT2D eigenvalue weighted by Crippen LogP contribution is -1.99. The molecule has 0 radical (unpaired) electrons. The summed E-state index contributed by atoms with van der Waals surface area (Å²) in [5.41, 5.74) is 8.49. The van der Waals surface area contributed by atoms with Crippen LogP contribution >= 0.6 is 23.4 Å². The zero-order valence-corrected chi connectivity index (χ0v) is 12.2. The van der Waals surface area contributed by atoms with Gasteiger partial charge >= 0.3 is 5.97 Å². The fourth-order valence-corrected chi connectivity index (χ4v) is 2.82. The maximum atomic E-state index is 10.6. The topological polar surface area (TPSA) is 63.3 Å². The molecule has 0 amide bonds. The van der Waals surface area contributed by atoms with Crippen molar-refractivity contribution in [3.05, 3.63) is 58.6 Å². The molecule has 0 fully saturated rings. The smallest absolute Gasteiger partial charge is 0.307 e. The molecule has 2 aromatic carbocycles. The highest BCUT2D eigenvalue weighted by Crippen LogP contribution is 2.30. The van der Waals surface area contributed by atoms with Crippen LogP contribution in [0.3, 0.4) is 0 Å². The molecule has 0 bridgehead atoms. The summed E-state index contributed by atoms with van der Waals surface area (Å²) in [5.74, 6) is -0.0415. The molecule has 0 saturated carbocycles. The molecule has 104 valence electrons. The lowest BCUT2D eigenvalue weighted by Gasteiger charge is -2.06. The number of anilines is 1. The number of carbonyl (C=O) groups is 1. The van der Waals surface area contributed by atoms with Gasteiger partial charge in [-0.1, -0.05) is 35.9 Å². The first kappa shape index (κ1) is 14.8. The summed E-state index contributed by atoms with van der Waals surface area (Å²) in [7, 11) is 0. The van der Waals surface area contributed by atoms with Gasteiger partial charge in [-0.15, -0.1) is 11.8 Å². The first-order chi connectivity index (χ1) is 9.54. The van der Waals surface area contributed by atoms with Gasteiger partial charge in [-0.2, -0.15) is 0 Å². The van der Waals surface area contributed by atoms with Crippen LogP contribution in [0.15, 0.2) is 47.4 Å². The Kier molecular flexibility index (Phi) is 4.93. The fourth-order valence-electron chi connectivity index (χ4n) is 1.74. The largest absolute Gasteiger partial charge is 0.481 e. The lowest BCUT2D eigenvalue weighted by molar-refractivity contribution is -0.136. The van der Waals surface area contributed by atoms with Crippen LogP contribution in [0.4, 0.5) is 5.69 Å². The Balaban J connectivity index is 1.98. The van der Waals surface area contributed by atoms with E-state index in [-0.39, 0.29) is 6.42 Å². The number of halogens is 1. The van der Waals surface area contributed by atoms with E-state index in [0.717, 1.165) is 21.8 Å². The molecule has 0 aromatic heterocycles. The predicted molar refractivity (Wildman–Crippen MR) is 83.2 cm³/mol. The Bertz CT molecular complexity index is 614. The van der Waals surface area contributed by atoms with Crippen molar-refractivity contribution in [1.82, 2.24) is 0 Å². The minimum Gasteiger partial charge on any atom is -0.481 e. The predicted octanol–water partition coefficient (Wildman–Crippen LogP) is 3.84. The second kappa shape index (κ2) is 6.68. The third-order valence-corrected chi connectivity index (χ3v) is 4.14. The molecular weight excluding hydrogens is 294 g/mol. The number of rotatable bonds is 5. The van der Waals surface area contributed by atoms with Crippen LogP contribution in [0.25, 0.3) is 0 Å². The molecule has 0 heterocycles. The number of thioether (sulfide) groups is 1. The number of hydrogen-bond acceptors (Lipinski definition) is 3. The van der Waals surface area contributed by atoms with Crippen LogP contribution in [0.1, 0.15) is 11.1 Å². The van der Waals surface area contributed by atoms with E-state index >= 15 is 0 Å². The highest BCUT2D eigenvalue weighted by atomic mass is 35.5. The number of nitrogen functional groups attached to an aromatic ring is 1. The van der Waals surface area contributed by atoms with Gasteiger partial charge in [0.05, 0.1) is 6.42 Å².